The van der Waals surface area contributed by atoms with Gasteiger partial charge in [0.15, 0.2) is 5.82 Å². The highest BCUT2D eigenvalue weighted by Crippen LogP contribution is 2.10. The van der Waals surface area contributed by atoms with Crippen molar-refractivity contribution < 1.29 is 0 Å². The molecule has 1 atom stereocenters. The normalized spacial score (nSPS) is 13.0. The first-order chi connectivity index (χ1) is 6.49. The van der Waals surface area contributed by atoms with Crippen molar-refractivity contribution in [2.45, 2.75) is 32.9 Å². The molecule has 0 saturated carbocycles. The highest BCUT2D eigenvalue weighted by Gasteiger charge is 2.08. The van der Waals surface area contributed by atoms with Gasteiger partial charge in [0.05, 0.1) is 6.04 Å². The summed E-state index contributed by atoms with van der Waals surface area (Å²) in [6.45, 7) is 5.78. The van der Waals surface area contributed by atoms with Crippen LogP contribution in [0.15, 0.2) is 0 Å². The molecule has 0 radical (unpaired) electrons. The Balaban J connectivity index is 2.95. The lowest BCUT2D eigenvalue weighted by Crippen LogP contribution is -2.17. The quantitative estimate of drug-likeness (QED) is 0.797. The number of halogens is 1. The maximum absolute atomic E-state index is 5.72. The SMILES string of the molecule is CC(C)Nc1nc(Cl)nc(C(C)N)n1. The van der Waals surface area contributed by atoms with Crippen molar-refractivity contribution in [2.75, 3.05) is 5.32 Å². The van der Waals surface area contributed by atoms with E-state index in [2.05, 4.69) is 20.3 Å². The Morgan fingerprint density at radius 3 is 2.36 bits per heavy atom. The fourth-order valence-electron chi connectivity index (χ4n) is 0.892. The first kappa shape index (κ1) is 11.1. The first-order valence-electron chi connectivity index (χ1n) is 4.42. The van der Waals surface area contributed by atoms with E-state index in [1.54, 1.807) is 6.92 Å². The molecule has 0 aliphatic carbocycles. The molecule has 6 heteroatoms. The molecule has 5 nitrogen and oxygen atoms in total. The zero-order chi connectivity index (χ0) is 10.7. The number of nitrogens with two attached hydrogens (primary N) is 1. The molecule has 1 aromatic heterocycles. The molecule has 3 N–H and O–H groups in total. The minimum Gasteiger partial charge on any atom is -0.352 e. The van der Waals surface area contributed by atoms with Crippen LogP contribution >= 0.6 is 11.6 Å². The van der Waals surface area contributed by atoms with Crippen molar-refractivity contribution in [3.63, 3.8) is 0 Å². The summed E-state index contributed by atoms with van der Waals surface area (Å²) in [6.07, 6.45) is 0. The summed E-state index contributed by atoms with van der Waals surface area (Å²) in [5.41, 5.74) is 5.64. The van der Waals surface area contributed by atoms with Crippen LogP contribution < -0.4 is 11.1 Å². The monoisotopic (exact) mass is 215 g/mol. The van der Waals surface area contributed by atoms with Gasteiger partial charge in [0.2, 0.25) is 11.2 Å². The highest BCUT2D eigenvalue weighted by molar-refractivity contribution is 6.28. The Morgan fingerprint density at radius 1 is 1.21 bits per heavy atom. The Morgan fingerprint density at radius 2 is 1.86 bits per heavy atom. The van der Waals surface area contributed by atoms with Gasteiger partial charge >= 0.3 is 0 Å². The topological polar surface area (TPSA) is 76.7 Å². The second-order valence-corrected chi connectivity index (χ2v) is 3.71. The standard InChI is InChI=1S/C8H14ClN5/c1-4(2)11-8-13-6(5(3)10)12-7(9)14-8/h4-5H,10H2,1-3H3,(H,11,12,13,14). The zero-order valence-electron chi connectivity index (χ0n) is 8.45. The molecule has 1 aromatic rings. The van der Waals surface area contributed by atoms with Crippen molar-refractivity contribution in [1.82, 2.24) is 15.0 Å². The summed E-state index contributed by atoms with van der Waals surface area (Å²) in [6, 6.07) is -0.00221. The second kappa shape index (κ2) is 4.52. The highest BCUT2D eigenvalue weighted by atomic mass is 35.5. The second-order valence-electron chi connectivity index (χ2n) is 3.37. The van der Waals surface area contributed by atoms with E-state index in [0.29, 0.717) is 11.8 Å². The first-order valence-corrected chi connectivity index (χ1v) is 4.80. The van der Waals surface area contributed by atoms with Gasteiger partial charge in [0.25, 0.3) is 0 Å². The van der Waals surface area contributed by atoms with E-state index in [0.717, 1.165) is 0 Å². The molecule has 0 aliphatic rings. The molecular formula is C8H14ClN5. The predicted molar refractivity (Wildman–Crippen MR) is 56.2 cm³/mol. The molecule has 1 rings (SSSR count). The van der Waals surface area contributed by atoms with Crippen molar-refractivity contribution in [3.05, 3.63) is 11.1 Å². The third kappa shape index (κ3) is 3.08. The molecule has 14 heavy (non-hydrogen) atoms. The number of hydrogen-bond acceptors (Lipinski definition) is 5. The average Bonchev–Trinajstić information content (AvgIpc) is 2.01. The Bertz CT molecular complexity index is 313. The van der Waals surface area contributed by atoms with Gasteiger partial charge in [-0.2, -0.15) is 9.97 Å². The van der Waals surface area contributed by atoms with Crippen LogP contribution in [-0.4, -0.2) is 21.0 Å². The van der Waals surface area contributed by atoms with E-state index in [9.17, 15) is 0 Å². The third-order valence-corrected chi connectivity index (χ3v) is 1.62. The molecule has 1 heterocycles. The van der Waals surface area contributed by atoms with Gasteiger partial charge in [0.1, 0.15) is 0 Å². The third-order valence-electron chi connectivity index (χ3n) is 1.45. The summed E-state index contributed by atoms with van der Waals surface area (Å²) < 4.78 is 0. The van der Waals surface area contributed by atoms with Gasteiger partial charge in [-0.3, -0.25) is 0 Å². The number of rotatable bonds is 3. The Labute approximate surface area is 88.1 Å². The molecule has 0 aliphatic heterocycles. The van der Waals surface area contributed by atoms with Gasteiger partial charge in [-0.05, 0) is 32.4 Å². The average molecular weight is 216 g/mol. The van der Waals surface area contributed by atoms with E-state index in [-0.39, 0.29) is 17.4 Å². The summed E-state index contributed by atoms with van der Waals surface area (Å²) in [5.74, 6) is 0.959. The van der Waals surface area contributed by atoms with Gasteiger partial charge < -0.3 is 11.1 Å². The number of aromatic nitrogens is 3. The molecule has 0 spiro atoms. The minimum absolute atomic E-state index is 0.162. The molecular weight excluding hydrogens is 202 g/mol. The Hall–Kier alpha value is -0.940. The summed E-state index contributed by atoms with van der Waals surface area (Å²) in [7, 11) is 0. The minimum atomic E-state index is -0.247. The van der Waals surface area contributed by atoms with Crippen LogP contribution in [0.25, 0.3) is 0 Å². The lowest BCUT2D eigenvalue weighted by atomic mass is 10.3. The van der Waals surface area contributed by atoms with Gasteiger partial charge in [-0.15, -0.1) is 0 Å². The number of anilines is 1. The van der Waals surface area contributed by atoms with Crippen LogP contribution in [0.2, 0.25) is 5.28 Å². The molecule has 0 amide bonds. The van der Waals surface area contributed by atoms with E-state index in [1.165, 1.54) is 0 Å². The summed E-state index contributed by atoms with van der Waals surface area (Å²) in [5, 5.41) is 3.20. The van der Waals surface area contributed by atoms with E-state index in [4.69, 9.17) is 17.3 Å². The molecule has 78 valence electrons. The Kier molecular flexibility index (Phi) is 3.60. The van der Waals surface area contributed by atoms with E-state index < -0.39 is 0 Å². The van der Waals surface area contributed by atoms with Crippen LogP contribution in [-0.2, 0) is 0 Å². The van der Waals surface area contributed by atoms with E-state index >= 15 is 0 Å². The molecule has 0 fully saturated rings. The lowest BCUT2D eigenvalue weighted by Gasteiger charge is -2.10. The van der Waals surface area contributed by atoms with Crippen molar-refractivity contribution in [1.29, 1.82) is 0 Å². The van der Waals surface area contributed by atoms with Crippen LogP contribution in [0, 0.1) is 0 Å². The van der Waals surface area contributed by atoms with Gasteiger partial charge in [-0.25, -0.2) is 4.98 Å². The molecule has 0 saturated heterocycles. The van der Waals surface area contributed by atoms with Crippen molar-refractivity contribution >= 4 is 17.5 Å². The predicted octanol–water partition coefficient (Wildman–Crippen LogP) is 1.36. The maximum Gasteiger partial charge on any atom is 0.227 e. The molecule has 0 aromatic carbocycles. The van der Waals surface area contributed by atoms with Crippen LogP contribution in [0.4, 0.5) is 5.95 Å². The van der Waals surface area contributed by atoms with Crippen molar-refractivity contribution in [2.24, 2.45) is 5.73 Å². The van der Waals surface area contributed by atoms with Crippen LogP contribution in [0.1, 0.15) is 32.6 Å². The number of nitrogens with zero attached hydrogens (tertiary/aromatic N) is 3. The maximum atomic E-state index is 5.72. The largest absolute Gasteiger partial charge is 0.352 e. The van der Waals surface area contributed by atoms with Gasteiger partial charge in [0, 0.05) is 6.04 Å². The fourth-order valence-corrected chi connectivity index (χ4v) is 1.06. The van der Waals surface area contributed by atoms with Crippen LogP contribution in [0.3, 0.4) is 0 Å². The van der Waals surface area contributed by atoms with Crippen LogP contribution in [0.5, 0.6) is 0 Å². The molecule has 1 unspecified atom stereocenters. The summed E-state index contributed by atoms with van der Waals surface area (Å²) in [4.78, 5) is 12.0. The van der Waals surface area contributed by atoms with Gasteiger partial charge in [-0.1, -0.05) is 0 Å². The zero-order valence-corrected chi connectivity index (χ0v) is 9.21. The van der Waals surface area contributed by atoms with Crippen molar-refractivity contribution in [3.8, 4) is 0 Å². The summed E-state index contributed by atoms with van der Waals surface area (Å²) >= 11 is 5.72. The van der Waals surface area contributed by atoms with E-state index in [1.807, 2.05) is 13.8 Å². The lowest BCUT2D eigenvalue weighted by molar-refractivity contribution is 0.724. The number of hydrogen-bond donors (Lipinski definition) is 2. The molecule has 0 bridgehead atoms. The smallest absolute Gasteiger partial charge is 0.227 e. The fraction of sp³-hybridized carbons (Fsp3) is 0.625. The number of nitrogens with one attached hydrogen (secondary N) is 1.